The molecule has 0 spiro atoms. The Balaban J connectivity index is 4.35. The van der Waals surface area contributed by atoms with Crippen LogP contribution in [0.2, 0.25) is 0 Å². The number of carbonyl (C=O) groups excluding carboxylic acids is 3. The van der Waals surface area contributed by atoms with Gasteiger partial charge in [-0.2, -0.15) is 0 Å². The van der Waals surface area contributed by atoms with Gasteiger partial charge in [-0.25, -0.2) is 0 Å². The summed E-state index contributed by atoms with van der Waals surface area (Å²) in [7, 11) is 0. The highest BCUT2D eigenvalue weighted by Crippen LogP contribution is 2.18. The monoisotopic (exact) mass is 793 g/mol. The molecule has 0 aromatic heterocycles. The Labute approximate surface area is 348 Å². The third-order valence-corrected chi connectivity index (χ3v) is 11.9. The number of hydrogen-bond acceptors (Lipinski definition) is 6. The quantitative estimate of drug-likeness (QED) is 0.0348. The van der Waals surface area contributed by atoms with Gasteiger partial charge in [0.1, 0.15) is 13.2 Å². The van der Waals surface area contributed by atoms with Gasteiger partial charge in [0, 0.05) is 19.3 Å². The van der Waals surface area contributed by atoms with Crippen molar-refractivity contribution in [2.75, 3.05) is 13.2 Å². The first-order chi connectivity index (χ1) is 27.2. The number of hydrogen-bond donors (Lipinski definition) is 0. The molecule has 0 N–H and O–H groups in total. The predicted octanol–water partition coefficient (Wildman–Crippen LogP) is 15.6. The van der Waals surface area contributed by atoms with Crippen LogP contribution in [-0.2, 0) is 28.6 Å². The van der Waals surface area contributed by atoms with Crippen molar-refractivity contribution in [2.24, 2.45) is 17.8 Å². The van der Waals surface area contributed by atoms with E-state index in [4.69, 9.17) is 14.2 Å². The van der Waals surface area contributed by atoms with Gasteiger partial charge < -0.3 is 14.2 Å². The lowest BCUT2D eigenvalue weighted by Crippen LogP contribution is -2.30. The Morgan fingerprint density at radius 3 is 0.929 bits per heavy atom. The zero-order chi connectivity index (χ0) is 41.3. The minimum absolute atomic E-state index is 0.0658. The number of esters is 3. The van der Waals surface area contributed by atoms with Crippen LogP contribution in [0.3, 0.4) is 0 Å². The minimum Gasteiger partial charge on any atom is -0.462 e. The average Bonchev–Trinajstić information content (AvgIpc) is 3.18. The van der Waals surface area contributed by atoms with Crippen LogP contribution in [0, 0.1) is 17.8 Å². The molecule has 332 valence electrons. The topological polar surface area (TPSA) is 78.9 Å². The van der Waals surface area contributed by atoms with Crippen LogP contribution >= 0.6 is 0 Å². The Morgan fingerprint density at radius 1 is 0.357 bits per heavy atom. The third-order valence-electron chi connectivity index (χ3n) is 11.9. The SMILES string of the molecule is CCC(C)CCCCCCCCCCCCC(=O)OC[C@@H](COC(=O)CCCCCCCCCCCC(C)C)OC(=O)CCCCCCCCCCC(C)CC. The molecule has 0 aliphatic rings. The maximum atomic E-state index is 12.7. The van der Waals surface area contributed by atoms with E-state index in [1.807, 2.05) is 0 Å². The van der Waals surface area contributed by atoms with E-state index in [0.29, 0.717) is 19.3 Å². The number of carbonyl (C=O) groups is 3. The smallest absolute Gasteiger partial charge is 0.306 e. The van der Waals surface area contributed by atoms with Crippen molar-refractivity contribution < 1.29 is 28.6 Å². The summed E-state index contributed by atoms with van der Waals surface area (Å²) < 4.78 is 16.8. The zero-order valence-electron chi connectivity index (χ0n) is 38.4. The number of ether oxygens (including phenoxy) is 3. The Bertz CT molecular complexity index is 872. The summed E-state index contributed by atoms with van der Waals surface area (Å²) >= 11 is 0. The molecule has 2 unspecified atom stereocenters. The fraction of sp³-hybridized carbons (Fsp3) is 0.940. The Kier molecular flexibility index (Phi) is 40.4. The normalized spacial score (nSPS) is 13.1. The van der Waals surface area contributed by atoms with E-state index in [2.05, 4.69) is 41.5 Å². The molecule has 0 saturated heterocycles. The van der Waals surface area contributed by atoms with E-state index in [1.165, 1.54) is 148 Å². The Hall–Kier alpha value is -1.59. The molecule has 0 aromatic rings. The summed E-state index contributed by atoms with van der Waals surface area (Å²) in [6.45, 7) is 13.7. The van der Waals surface area contributed by atoms with Gasteiger partial charge in [-0.05, 0) is 37.0 Å². The van der Waals surface area contributed by atoms with Crippen LogP contribution in [0.5, 0.6) is 0 Å². The van der Waals surface area contributed by atoms with Gasteiger partial charge in [0.25, 0.3) is 0 Å². The average molecular weight is 793 g/mol. The van der Waals surface area contributed by atoms with E-state index in [1.54, 1.807) is 0 Å². The largest absolute Gasteiger partial charge is 0.462 e. The molecule has 0 saturated carbocycles. The molecular weight excluding hydrogens is 697 g/mol. The van der Waals surface area contributed by atoms with Crippen molar-refractivity contribution in [1.29, 1.82) is 0 Å². The van der Waals surface area contributed by atoms with Crippen LogP contribution < -0.4 is 0 Å². The van der Waals surface area contributed by atoms with E-state index in [9.17, 15) is 14.4 Å². The second kappa shape index (κ2) is 41.6. The van der Waals surface area contributed by atoms with Crippen molar-refractivity contribution >= 4 is 17.9 Å². The molecular formula is C50H96O6. The van der Waals surface area contributed by atoms with Gasteiger partial charge in [0.2, 0.25) is 0 Å². The van der Waals surface area contributed by atoms with Gasteiger partial charge in [0.05, 0.1) is 0 Å². The number of rotatable bonds is 43. The maximum Gasteiger partial charge on any atom is 0.306 e. The molecule has 0 aromatic carbocycles. The van der Waals surface area contributed by atoms with Crippen molar-refractivity contribution in [1.82, 2.24) is 0 Å². The molecule has 0 fully saturated rings. The van der Waals surface area contributed by atoms with Gasteiger partial charge in [0.15, 0.2) is 6.10 Å². The third kappa shape index (κ3) is 40.6. The second-order valence-corrected chi connectivity index (χ2v) is 18.1. The van der Waals surface area contributed by atoms with E-state index < -0.39 is 6.10 Å². The highest BCUT2D eigenvalue weighted by Gasteiger charge is 2.19. The van der Waals surface area contributed by atoms with Crippen molar-refractivity contribution in [3.05, 3.63) is 0 Å². The van der Waals surface area contributed by atoms with Crippen LogP contribution in [0.25, 0.3) is 0 Å². The van der Waals surface area contributed by atoms with Crippen LogP contribution in [0.4, 0.5) is 0 Å². The molecule has 6 nitrogen and oxygen atoms in total. The van der Waals surface area contributed by atoms with Gasteiger partial charge in [-0.1, -0.05) is 228 Å². The molecule has 56 heavy (non-hydrogen) atoms. The summed E-state index contributed by atoms with van der Waals surface area (Å²) in [5.74, 6) is 1.66. The molecule has 0 amide bonds. The molecule has 0 aliphatic carbocycles. The molecule has 0 radical (unpaired) electrons. The molecule has 0 heterocycles. The summed E-state index contributed by atoms with van der Waals surface area (Å²) in [5, 5.41) is 0. The zero-order valence-corrected chi connectivity index (χ0v) is 38.4. The first-order valence-corrected chi connectivity index (χ1v) is 24.7. The standard InChI is InChI=1S/C50H96O6/c1-7-45(5)37-31-25-19-13-9-10-14-21-27-33-39-48(51)54-42-47(56-50(53)41-35-29-23-17-16-20-26-32-38-46(6)8-2)43-55-49(52)40-34-28-22-15-11-12-18-24-30-36-44(3)4/h44-47H,7-43H2,1-6H3/t45?,46?,47-/m0/s1. The van der Waals surface area contributed by atoms with Crippen molar-refractivity contribution in [2.45, 2.75) is 272 Å². The first-order valence-electron chi connectivity index (χ1n) is 24.7. The van der Waals surface area contributed by atoms with Gasteiger partial charge >= 0.3 is 17.9 Å². The molecule has 0 rings (SSSR count). The second-order valence-electron chi connectivity index (χ2n) is 18.1. The molecule has 3 atom stereocenters. The van der Waals surface area contributed by atoms with E-state index in [0.717, 1.165) is 75.5 Å². The summed E-state index contributed by atoms with van der Waals surface area (Å²) in [4.78, 5) is 37.8. The molecule has 0 bridgehead atoms. The van der Waals surface area contributed by atoms with Gasteiger partial charge in [-0.3, -0.25) is 14.4 Å². The minimum atomic E-state index is -0.763. The lowest BCUT2D eigenvalue weighted by molar-refractivity contribution is -0.167. The van der Waals surface area contributed by atoms with Crippen molar-refractivity contribution in [3.63, 3.8) is 0 Å². The summed E-state index contributed by atoms with van der Waals surface area (Å²) in [6.07, 6.45) is 39.3. The summed E-state index contributed by atoms with van der Waals surface area (Å²) in [6, 6.07) is 0. The fourth-order valence-corrected chi connectivity index (χ4v) is 7.34. The maximum absolute atomic E-state index is 12.7. The first kappa shape index (κ1) is 54.4. The highest BCUT2D eigenvalue weighted by molar-refractivity contribution is 5.71. The van der Waals surface area contributed by atoms with E-state index in [-0.39, 0.29) is 31.1 Å². The summed E-state index contributed by atoms with van der Waals surface area (Å²) in [5.41, 5.74) is 0. The van der Waals surface area contributed by atoms with E-state index >= 15 is 0 Å². The van der Waals surface area contributed by atoms with Crippen molar-refractivity contribution in [3.8, 4) is 0 Å². The fourth-order valence-electron chi connectivity index (χ4n) is 7.34. The lowest BCUT2D eigenvalue weighted by atomic mass is 9.99. The van der Waals surface area contributed by atoms with Gasteiger partial charge in [-0.15, -0.1) is 0 Å². The predicted molar refractivity (Wildman–Crippen MR) is 238 cm³/mol. The Morgan fingerprint density at radius 2 is 0.625 bits per heavy atom. The molecule has 6 heteroatoms. The lowest BCUT2D eigenvalue weighted by Gasteiger charge is -2.18. The molecule has 0 aliphatic heterocycles. The number of unbranched alkanes of at least 4 members (excludes halogenated alkanes) is 24. The van der Waals surface area contributed by atoms with Crippen LogP contribution in [0.15, 0.2) is 0 Å². The highest BCUT2D eigenvalue weighted by atomic mass is 16.6. The van der Waals surface area contributed by atoms with Crippen LogP contribution in [0.1, 0.15) is 266 Å². The van der Waals surface area contributed by atoms with Crippen LogP contribution in [-0.4, -0.2) is 37.2 Å².